The van der Waals surface area contributed by atoms with Crippen LogP contribution in [0.15, 0.2) is 30.3 Å². The highest BCUT2D eigenvalue weighted by atomic mass is 19.4. The number of hydrogen-bond donors (Lipinski definition) is 0. The summed E-state index contributed by atoms with van der Waals surface area (Å²) < 4.78 is 40.6. The molecule has 2 amide bonds. The molecule has 1 aliphatic heterocycles. The van der Waals surface area contributed by atoms with Crippen molar-refractivity contribution in [1.29, 1.82) is 0 Å². The summed E-state index contributed by atoms with van der Waals surface area (Å²) in [6.07, 6.45) is -4.04. The maximum atomic E-state index is 12.6. The standard InChI is InChI=1S/C16H19F3N2O3/c1-2-20(14(22)10-24-11-16(17,18)19)13-8-9-21(15(13)23)12-6-4-3-5-7-12/h3-7,13H,2,8-11H2,1H3. The lowest BCUT2D eigenvalue weighted by atomic mass is 10.2. The number of amides is 2. The highest BCUT2D eigenvalue weighted by molar-refractivity contribution is 6.01. The minimum absolute atomic E-state index is 0.229. The fourth-order valence-corrected chi connectivity index (χ4v) is 2.73. The van der Waals surface area contributed by atoms with E-state index < -0.39 is 31.3 Å². The van der Waals surface area contributed by atoms with Gasteiger partial charge in [-0.05, 0) is 25.5 Å². The van der Waals surface area contributed by atoms with Gasteiger partial charge in [0.1, 0.15) is 19.3 Å². The number of carbonyl (C=O) groups excluding carboxylic acids is 2. The van der Waals surface area contributed by atoms with E-state index in [1.54, 1.807) is 24.0 Å². The number of nitrogens with zero attached hydrogens (tertiary/aromatic N) is 2. The van der Waals surface area contributed by atoms with E-state index in [4.69, 9.17) is 0 Å². The maximum absolute atomic E-state index is 12.6. The summed E-state index contributed by atoms with van der Waals surface area (Å²) in [4.78, 5) is 27.5. The number of alkyl halides is 3. The van der Waals surface area contributed by atoms with Crippen LogP contribution in [0.1, 0.15) is 13.3 Å². The average Bonchev–Trinajstić information content (AvgIpc) is 2.89. The van der Waals surface area contributed by atoms with Gasteiger partial charge in [0, 0.05) is 18.8 Å². The number of benzene rings is 1. The van der Waals surface area contributed by atoms with E-state index in [1.807, 2.05) is 18.2 Å². The molecule has 1 unspecified atom stereocenters. The van der Waals surface area contributed by atoms with Gasteiger partial charge in [0.15, 0.2) is 0 Å². The van der Waals surface area contributed by atoms with Crippen LogP contribution in [0.4, 0.5) is 18.9 Å². The molecule has 8 heteroatoms. The summed E-state index contributed by atoms with van der Waals surface area (Å²) in [7, 11) is 0. The second-order valence-corrected chi connectivity index (χ2v) is 5.42. The zero-order chi connectivity index (χ0) is 17.7. The Bertz CT molecular complexity index is 578. The molecular formula is C16H19F3N2O3. The van der Waals surface area contributed by atoms with Crippen molar-refractivity contribution in [3.63, 3.8) is 0 Å². The van der Waals surface area contributed by atoms with Gasteiger partial charge in [-0.1, -0.05) is 18.2 Å². The molecule has 0 N–H and O–H groups in total. The van der Waals surface area contributed by atoms with Crippen LogP contribution in [0.5, 0.6) is 0 Å². The Morgan fingerprint density at radius 1 is 1.33 bits per heavy atom. The number of para-hydroxylation sites is 1. The van der Waals surface area contributed by atoms with Crippen molar-refractivity contribution in [2.24, 2.45) is 0 Å². The Balaban J connectivity index is 1.98. The van der Waals surface area contributed by atoms with Gasteiger partial charge in [0.2, 0.25) is 11.8 Å². The van der Waals surface area contributed by atoms with E-state index in [0.29, 0.717) is 13.0 Å². The van der Waals surface area contributed by atoms with Gasteiger partial charge >= 0.3 is 6.18 Å². The first kappa shape index (κ1) is 18.3. The number of anilines is 1. The molecule has 1 saturated heterocycles. The SMILES string of the molecule is CCN(C(=O)COCC(F)(F)F)C1CCN(c2ccccc2)C1=O. The largest absolute Gasteiger partial charge is 0.411 e. The van der Waals surface area contributed by atoms with Gasteiger partial charge in [-0.25, -0.2) is 0 Å². The van der Waals surface area contributed by atoms with E-state index in [-0.39, 0.29) is 12.5 Å². The molecule has 2 rings (SSSR count). The lowest BCUT2D eigenvalue weighted by Crippen LogP contribution is -2.46. The van der Waals surface area contributed by atoms with Crippen LogP contribution < -0.4 is 4.90 Å². The van der Waals surface area contributed by atoms with Crippen LogP contribution >= 0.6 is 0 Å². The summed E-state index contributed by atoms with van der Waals surface area (Å²) in [6.45, 7) is 0.196. The topological polar surface area (TPSA) is 49.9 Å². The molecule has 0 aromatic heterocycles. The van der Waals surface area contributed by atoms with Crippen LogP contribution in [-0.2, 0) is 14.3 Å². The van der Waals surface area contributed by atoms with Crippen molar-refractivity contribution in [2.75, 3.05) is 31.2 Å². The van der Waals surface area contributed by atoms with Crippen LogP contribution in [0, 0.1) is 0 Å². The zero-order valence-corrected chi connectivity index (χ0v) is 13.3. The fourth-order valence-electron chi connectivity index (χ4n) is 2.73. The molecule has 1 aliphatic rings. The summed E-state index contributed by atoms with van der Waals surface area (Å²) in [5.74, 6) is -0.845. The normalized spacial score (nSPS) is 18.1. The highest BCUT2D eigenvalue weighted by Gasteiger charge is 2.38. The molecule has 0 bridgehead atoms. The molecule has 1 fully saturated rings. The van der Waals surface area contributed by atoms with Crippen molar-refractivity contribution in [3.8, 4) is 0 Å². The fraction of sp³-hybridized carbons (Fsp3) is 0.500. The quantitative estimate of drug-likeness (QED) is 0.795. The molecule has 0 spiro atoms. The predicted octanol–water partition coefficient (Wildman–Crippen LogP) is 2.22. The molecule has 0 saturated carbocycles. The third-order valence-electron chi connectivity index (χ3n) is 3.77. The summed E-state index contributed by atoms with van der Waals surface area (Å²) in [5.41, 5.74) is 0.738. The minimum Gasteiger partial charge on any atom is -0.362 e. The van der Waals surface area contributed by atoms with E-state index in [1.165, 1.54) is 4.90 Å². The van der Waals surface area contributed by atoms with Crippen molar-refractivity contribution < 1.29 is 27.5 Å². The van der Waals surface area contributed by atoms with Crippen molar-refractivity contribution in [3.05, 3.63) is 30.3 Å². The second kappa shape index (κ2) is 7.65. The minimum atomic E-state index is -4.48. The first-order valence-electron chi connectivity index (χ1n) is 7.64. The Hall–Kier alpha value is -2.09. The summed E-state index contributed by atoms with van der Waals surface area (Å²) in [6, 6.07) is 8.38. The number of hydrogen-bond acceptors (Lipinski definition) is 3. The third-order valence-corrected chi connectivity index (χ3v) is 3.77. The van der Waals surface area contributed by atoms with Gasteiger partial charge in [0.25, 0.3) is 0 Å². The summed E-state index contributed by atoms with van der Waals surface area (Å²) in [5, 5.41) is 0. The molecule has 1 heterocycles. The lowest BCUT2D eigenvalue weighted by Gasteiger charge is -2.27. The van der Waals surface area contributed by atoms with Crippen LogP contribution in [0.25, 0.3) is 0 Å². The van der Waals surface area contributed by atoms with Crippen molar-refractivity contribution in [1.82, 2.24) is 4.90 Å². The number of likely N-dealkylation sites (N-methyl/N-ethyl adjacent to an activating group) is 1. The van der Waals surface area contributed by atoms with Crippen molar-refractivity contribution in [2.45, 2.75) is 25.6 Å². The highest BCUT2D eigenvalue weighted by Crippen LogP contribution is 2.24. The molecule has 0 radical (unpaired) electrons. The number of halogens is 3. The first-order chi connectivity index (χ1) is 11.3. The van der Waals surface area contributed by atoms with Gasteiger partial charge in [-0.2, -0.15) is 13.2 Å². The Kier molecular flexibility index (Phi) is 5.82. The second-order valence-electron chi connectivity index (χ2n) is 5.42. The Morgan fingerprint density at radius 3 is 2.58 bits per heavy atom. The predicted molar refractivity (Wildman–Crippen MR) is 81.5 cm³/mol. The molecule has 5 nitrogen and oxygen atoms in total. The molecule has 1 aromatic carbocycles. The van der Waals surface area contributed by atoms with Crippen LogP contribution in [-0.4, -0.2) is 55.2 Å². The number of carbonyl (C=O) groups is 2. The van der Waals surface area contributed by atoms with Crippen molar-refractivity contribution >= 4 is 17.5 Å². The van der Waals surface area contributed by atoms with E-state index in [0.717, 1.165) is 5.69 Å². The maximum Gasteiger partial charge on any atom is 0.411 e. The molecular weight excluding hydrogens is 325 g/mol. The summed E-state index contributed by atoms with van der Waals surface area (Å²) >= 11 is 0. The molecule has 0 aliphatic carbocycles. The number of ether oxygens (including phenoxy) is 1. The van der Waals surface area contributed by atoms with E-state index in [2.05, 4.69) is 4.74 Å². The third kappa shape index (κ3) is 4.47. The monoisotopic (exact) mass is 344 g/mol. The molecule has 1 aromatic rings. The van der Waals surface area contributed by atoms with Gasteiger partial charge in [-0.15, -0.1) is 0 Å². The smallest absolute Gasteiger partial charge is 0.362 e. The first-order valence-corrected chi connectivity index (χ1v) is 7.64. The molecule has 132 valence electrons. The van der Waals surface area contributed by atoms with E-state index in [9.17, 15) is 22.8 Å². The van der Waals surface area contributed by atoms with Gasteiger partial charge in [0.05, 0.1) is 0 Å². The van der Waals surface area contributed by atoms with E-state index >= 15 is 0 Å². The average molecular weight is 344 g/mol. The molecule has 1 atom stereocenters. The van der Waals surface area contributed by atoms with Crippen LogP contribution in [0.2, 0.25) is 0 Å². The Morgan fingerprint density at radius 2 is 2.00 bits per heavy atom. The molecule has 24 heavy (non-hydrogen) atoms. The number of rotatable bonds is 6. The lowest BCUT2D eigenvalue weighted by molar-refractivity contribution is -0.178. The van der Waals surface area contributed by atoms with Gasteiger partial charge in [-0.3, -0.25) is 9.59 Å². The van der Waals surface area contributed by atoms with Gasteiger partial charge < -0.3 is 14.5 Å². The van der Waals surface area contributed by atoms with Crippen LogP contribution in [0.3, 0.4) is 0 Å². The zero-order valence-electron chi connectivity index (χ0n) is 13.3. The Labute approximate surface area is 138 Å².